The molecular weight excluding hydrogens is 372 g/mol. The average molecular weight is 388 g/mol. The normalized spacial score (nSPS) is 11.3. The largest absolute Gasteiger partial charge is 0.316 e. The number of hydrogen-bond donors (Lipinski definition) is 0. The number of benzene rings is 2. The van der Waals surface area contributed by atoms with Crippen molar-refractivity contribution < 1.29 is 0 Å². The molecule has 0 amide bonds. The highest BCUT2D eigenvalue weighted by molar-refractivity contribution is 9.10. The molecule has 1 heterocycles. The van der Waals surface area contributed by atoms with Crippen molar-refractivity contribution in [2.24, 2.45) is 4.99 Å². The van der Waals surface area contributed by atoms with E-state index in [0.29, 0.717) is 0 Å². The SMILES string of the molecule is Cc1ccc(-n2cccc2C=Nc2ccc(Br)c(C)c2)cc1Cl. The number of halogens is 2. The van der Waals surface area contributed by atoms with Crippen molar-refractivity contribution in [3.05, 3.63) is 81.0 Å². The lowest BCUT2D eigenvalue weighted by atomic mass is 10.2. The monoisotopic (exact) mass is 386 g/mol. The van der Waals surface area contributed by atoms with E-state index in [4.69, 9.17) is 11.6 Å². The van der Waals surface area contributed by atoms with Crippen molar-refractivity contribution in [1.82, 2.24) is 4.57 Å². The molecule has 0 saturated heterocycles. The van der Waals surface area contributed by atoms with E-state index in [0.717, 1.165) is 32.1 Å². The molecule has 0 atom stereocenters. The molecule has 1 aromatic heterocycles. The van der Waals surface area contributed by atoms with Crippen LogP contribution in [0.5, 0.6) is 0 Å². The highest BCUT2D eigenvalue weighted by Gasteiger charge is 2.04. The molecule has 3 rings (SSSR count). The number of nitrogens with zero attached hydrogens (tertiary/aromatic N) is 2. The first-order valence-corrected chi connectivity index (χ1v) is 8.46. The number of rotatable bonds is 3. The van der Waals surface area contributed by atoms with Gasteiger partial charge >= 0.3 is 0 Å². The third-order valence-corrected chi connectivity index (χ3v) is 5.00. The zero-order valence-corrected chi connectivity index (χ0v) is 15.3. The summed E-state index contributed by atoms with van der Waals surface area (Å²) in [6, 6.07) is 16.1. The Hall–Kier alpha value is -1.84. The Morgan fingerprint density at radius 3 is 2.61 bits per heavy atom. The van der Waals surface area contributed by atoms with Gasteiger partial charge in [-0.1, -0.05) is 33.6 Å². The van der Waals surface area contributed by atoms with E-state index in [-0.39, 0.29) is 0 Å². The zero-order valence-electron chi connectivity index (χ0n) is 12.9. The number of hydrogen-bond acceptors (Lipinski definition) is 1. The Bertz CT molecular complexity index is 881. The van der Waals surface area contributed by atoms with Crippen LogP contribution in [0.3, 0.4) is 0 Å². The number of aliphatic imine (C=N–C) groups is 1. The molecule has 0 N–H and O–H groups in total. The van der Waals surface area contributed by atoms with E-state index in [1.165, 1.54) is 5.56 Å². The van der Waals surface area contributed by atoms with Gasteiger partial charge in [0.1, 0.15) is 0 Å². The van der Waals surface area contributed by atoms with E-state index >= 15 is 0 Å². The van der Waals surface area contributed by atoms with Gasteiger partial charge in [0.2, 0.25) is 0 Å². The van der Waals surface area contributed by atoms with Crippen LogP contribution in [-0.2, 0) is 0 Å². The fraction of sp³-hybridized carbons (Fsp3) is 0.105. The van der Waals surface area contributed by atoms with Crippen LogP contribution in [0.1, 0.15) is 16.8 Å². The van der Waals surface area contributed by atoms with E-state index < -0.39 is 0 Å². The minimum Gasteiger partial charge on any atom is -0.316 e. The summed E-state index contributed by atoms with van der Waals surface area (Å²) < 4.78 is 3.16. The second kappa shape index (κ2) is 6.73. The Morgan fingerprint density at radius 1 is 1.04 bits per heavy atom. The third kappa shape index (κ3) is 3.57. The van der Waals surface area contributed by atoms with Crippen LogP contribution in [0.15, 0.2) is 64.2 Å². The van der Waals surface area contributed by atoms with Crippen LogP contribution < -0.4 is 0 Å². The smallest absolute Gasteiger partial charge is 0.0639 e. The standard InChI is InChI=1S/C19H16BrClN2/c1-13-5-7-16(11-19(13)21)23-9-3-4-17(23)12-22-15-6-8-18(20)14(2)10-15/h3-12H,1-2H3. The Kier molecular flexibility index (Phi) is 4.69. The van der Waals surface area contributed by atoms with Crippen LogP contribution in [0.4, 0.5) is 5.69 Å². The Labute approximate surface area is 149 Å². The predicted octanol–water partition coefficient (Wildman–Crippen LogP) is 6.26. The van der Waals surface area contributed by atoms with E-state index in [1.54, 1.807) is 0 Å². The van der Waals surface area contributed by atoms with Crippen LogP contribution in [0.25, 0.3) is 5.69 Å². The van der Waals surface area contributed by atoms with Crippen LogP contribution in [-0.4, -0.2) is 10.8 Å². The molecule has 4 heteroatoms. The molecule has 116 valence electrons. The molecule has 0 aliphatic carbocycles. The van der Waals surface area contributed by atoms with Crippen molar-refractivity contribution in [1.29, 1.82) is 0 Å². The summed E-state index contributed by atoms with van der Waals surface area (Å²) in [5, 5.41) is 0.766. The maximum Gasteiger partial charge on any atom is 0.0639 e. The summed E-state index contributed by atoms with van der Waals surface area (Å²) >= 11 is 9.74. The molecule has 0 bridgehead atoms. The molecule has 0 spiro atoms. The highest BCUT2D eigenvalue weighted by atomic mass is 79.9. The first-order valence-electron chi connectivity index (χ1n) is 7.29. The van der Waals surface area contributed by atoms with Gasteiger partial charge in [0.05, 0.1) is 17.6 Å². The van der Waals surface area contributed by atoms with E-state index in [9.17, 15) is 0 Å². The molecule has 0 aliphatic rings. The lowest BCUT2D eigenvalue weighted by molar-refractivity contribution is 1.06. The summed E-state index contributed by atoms with van der Waals surface area (Å²) in [6.45, 7) is 4.06. The maximum atomic E-state index is 6.24. The van der Waals surface area contributed by atoms with Crippen molar-refractivity contribution in [2.75, 3.05) is 0 Å². The van der Waals surface area contributed by atoms with Crippen LogP contribution in [0.2, 0.25) is 5.02 Å². The molecule has 0 aliphatic heterocycles. The molecule has 3 aromatic rings. The van der Waals surface area contributed by atoms with Crippen LogP contribution >= 0.6 is 27.5 Å². The average Bonchev–Trinajstić information content (AvgIpc) is 3.00. The molecular formula is C19H16BrClN2. The fourth-order valence-corrected chi connectivity index (χ4v) is 2.74. The van der Waals surface area contributed by atoms with Crippen molar-refractivity contribution in [3.8, 4) is 5.69 Å². The van der Waals surface area contributed by atoms with Gasteiger partial charge in [0, 0.05) is 21.4 Å². The Morgan fingerprint density at radius 2 is 1.87 bits per heavy atom. The van der Waals surface area contributed by atoms with E-state index in [2.05, 4.69) is 44.5 Å². The molecule has 2 aromatic carbocycles. The first-order chi connectivity index (χ1) is 11.0. The van der Waals surface area contributed by atoms with Gasteiger partial charge in [-0.25, -0.2) is 0 Å². The Balaban J connectivity index is 1.92. The summed E-state index contributed by atoms with van der Waals surface area (Å²) in [4.78, 5) is 4.58. The summed E-state index contributed by atoms with van der Waals surface area (Å²) in [7, 11) is 0. The maximum absolute atomic E-state index is 6.24. The number of aromatic nitrogens is 1. The second-order valence-electron chi connectivity index (χ2n) is 5.43. The molecule has 0 unspecified atom stereocenters. The van der Waals surface area contributed by atoms with Gasteiger partial charge in [0.15, 0.2) is 0 Å². The van der Waals surface area contributed by atoms with Crippen molar-refractivity contribution >= 4 is 39.4 Å². The third-order valence-electron chi connectivity index (χ3n) is 3.70. The van der Waals surface area contributed by atoms with Gasteiger partial charge in [-0.2, -0.15) is 0 Å². The van der Waals surface area contributed by atoms with Gasteiger partial charge in [-0.3, -0.25) is 4.99 Å². The molecule has 2 nitrogen and oxygen atoms in total. The molecule has 0 fully saturated rings. The second-order valence-corrected chi connectivity index (χ2v) is 6.69. The number of aryl methyl sites for hydroxylation is 2. The fourth-order valence-electron chi connectivity index (χ4n) is 2.32. The first kappa shape index (κ1) is 16.0. The minimum atomic E-state index is 0.766. The predicted molar refractivity (Wildman–Crippen MR) is 102 cm³/mol. The van der Waals surface area contributed by atoms with Crippen molar-refractivity contribution in [2.45, 2.75) is 13.8 Å². The highest BCUT2D eigenvalue weighted by Crippen LogP contribution is 2.23. The van der Waals surface area contributed by atoms with Gasteiger partial charge < -0.3 is 4.57 Å². The summed E-state index contributed by atoms with van der Waals surface area (Å²) in [6.07, 6.45) is 3.88. The molecule has 0 radical (unpaired) electrons. The van der Waals surface area contributed by atoms with Crippen LogP contribution in [0, 0.1) is 13.8 Å². The van der Waals surface area contributed by atoms with Gasteiger partial charge in [-0.05, 0) is 67.4 Å². The summed E-state index contributed by atoms with van der Waals surface area (Å²) in [5.74, 6) is 0. The van der Waals surface area contributed by atoms with Gasteiger partial charge in [0.25, 0.3) is 0 Å². The van der Waals surface area contributed by atoms with E-state index in [1.807, 2.05) is 55.7 Å². The topological polar surface area (TPSA) is 17.3 Å². The van der Waals surface area contributed by atoms with Gasteiger partial charge in [-0.15, -0.1) is 0 Å². The quantitative estimate of drug-likeness (QED) is 0.472. The lowest BCUT2D eigenvalue weighted by Crippen LogP contribution is -1.98. The minimum absolute atomic E-state index is 0.766. The molecule has 0 saturated carbocycles. The summed E-state index contributed by atoms with van der Waals surface area (Å²) in [5.41, 5.74) is 5.20. The molecule has 23 heavy (non-hydrogen) atoms. The van der Waals surface area contributed by atoms with Crippen molar-refractivity contribution in [3.63, 3.8) is 0 Å². The zero-order chi connectivity index (χ0) is 16.4. The lowest BCUT2D eigenvalue weighted by Gasteiger charge is -2.08.